The second-order valence-corrected chi connectivity index (χ2v) is 9.09. The highest BCUT2D eigenvalue weighted by Crippen LogP contribution is 2.41. The second-order valence-electron chi connectivity index (χ2n) is 8.24. The summed E-state index contributed by atoms with van der Waals surface area (Å²) in [5.41, 5.74) is -2.95. The van der Waals surface area contributed by atoms with E-state index in [0.717, 1.165) is 0 Å². The molecule has 0 unspecified atom stereocenters. The molecule has 0 spiro atoms. The monoisotopic (exact) mass is 568 g/mol. The molecule has 0 aliphatic carbocycles. The lowest BCUT2D eigenvalue weighted by atomic mass is 9.97. The molecule has 3 heterocycles. The average Bonchev–Trinajstić information content (AvgIpc) is 3.02. The Morgan fingerprint density at radius 1 is 1.11 bits per heavy atom. The number of carbonyl (C=O) groups excluding carboxylic acids is 1. The molecular formula is C21H19BrF6N4O3. The predicted octanol–water partition coefficient (Wildman–Crippen LogP) is 5.19. The van der Waals surface area contributed by atoms with E-state index in [-0.39, 0.29) is 18.7 Å². The molecule has 0 N–H and O–H groups in total. The molecule has 2 saturated heterocycles. The van der Waals surface area contributed by atoms with Gasteiger partial charge in [-0.05, 0) is 46.6 Å². The van der Waals surface area contributed by atoms with Gasteiger partial charge in [-0.25, -0.2) is 14.8 Å². The minimum atomic E-state index is -5.01. The minimum absolute atomic E-state index is 0.0339. The van der Waals surface area contributed by atoms with Gasteiger partial charge in [-0.3, -0.25) is 4.90 Å². The van der Waals surface area contributed by atoms with Crippen LogP contribution in [-0.2, 0) is 28.4 Å². The van der Waals surface area contributed by atoms with Crippen molar-refractivity contribution in [2.45, 2.75) is 44.1 Å². The zero-order chi connectivity index (χ0) is 25.7. The number of halogens is 7. The van der Waals surface area contributed by atoms with Crippen molar-refractivity contribution in [3.8, 4) is 0 Å². The van der Waals surface area contributed by atoms with Gasteiger partial charge in [0.15, 0.2) is 0 Å². The molecule has 1 aromatic carbocycles. The van der Waals surface area contributed by atoms with E-state index in [0.29, 0.717) is 41.3 Å². The summed E-state index contributed by atoms with van der Waals surface area (Å²) < 4.78 is 90.6. The van der Waals surface area contributed by atoms with E-state index in [1.165, 1.54) is 18.0 Å². The fourth-order valence-electron chi connectivity index (χ4n) is 3.87. The van der Waals surface area contributed by atoms with Crippen molar-refractivity contribution in [3.63, 3.8) is 0 Å². The van der Waals surface area contributed by atoms with E-state index in [9.17, 15) is 31.1 Å². The normalized spacial score (nSPS) is 21.3. The fraction of sp³-hybridized carbons (Fsp3) is 0.476. The first-order chi connectivity index (χ1) is 16.3. The lowest BCUT2D eigenvalue weighted by Crippen LogP contribution is -2.52. The highest BCUT2D eigenvalue weighted by molar-refractivity contribution is 9.10. The number of amides is 1. The standard InChI is InChI=1S/C21H19BrF6N4O3/c1-10-17(11-3-12(20(23,24)25)5-13(4-11)21(26,27)28)35-19(33)32(10)9-16-15(22)6-29-18(30-16)31-7-14(8-31)34-2/h3-6,10,14,17H,7-9H2,1-2H3/t10-,17-/m0/s1. The van der Waals surface area contributed by atoms with Crippen LogP contribution in [0.1, 0.15) is 35.4 Å². The van der Waals surface area contributed by atoms with Gasteiger partial charge in [0.05, 0.1) is 40.0 Å². The molecule has 14 heteroatoms. The van der Waals surface area contributed by atoms with Crippen molar-refractivity contribution in [1.82, 2.24) is 14.9 Å². The largest absolute Gasteiger partial charge is 0.439 e. The number of anilines is 1. The summed E-state index contributed by atoms with van der Waals surface area (Å²) in [5.74, 6) is 0.404. The molecule has 1 amide bonds. The Bertz CT molecular complexity index is 1090. The van der Waals surface area contributed by atoms with Crippen LogP contribution < -0.4 is 4.90 Å². The number of hydrogen-bond donors (Lipinski definition) is 0. The van der Waals surface area contributed by atoms with Crippen molar-refractivity contribution >= 4 is 28.0 Å². The van der Waals surface area contributed by atoms with Crippen LogP contribution in [0, 0.1) is 0 Å². The van der Waals surface area contributed by atoms with E-state index >= 15 is 0 Å². The number of rotatable bonds is 5. The Morgan fingerprint density at radius 3 is 2.26 bits per heavy atom. The second kappa shape index (κ2) is 9.12. The van der Waals surface area contributed by atoms with Gasteiger partial charge < -0.3 is 14.4 Å². The lowest BCUT2D eigenvalue weighted by Gasteiger charge is -2.38. The molecule has 0 radical (unpaired) electrons. The van der Waals surface area contributed by atoms with E-state index in [1.807, 2.05) is 4.90 Å². The molecule has 2 fully saturated rings. The van der Waals surface area contributed by atoms with Crippen molar-refractivity contribution in [2.24, 2.45) is 0 Å². The first kappa shape index (κ1) is 25.5. The van der Waals surface area contributed by atoms with Crippen LogP contribution in [0.4, 0.5) is 37.1 Å². The van der Waals surface area contributed by atoms with E-state index in [2.05, 4.69) is 25.9 Å². The zero-order valence-corrected chi connectivity index (χ0v) is 19.9. The van der Waals surface area contributed by atoms with Gasteiger partial charge in [0.1, 0.15) is 6.10 Å². The molecule has 2 aliphatic rings. The molecule has 190 valence electrons. The highest BCUT2D eigenvalue weighted by atomic mass is 79.9. The van der Waals surface area contributed by atoms with E-state index in [1.54, 1.807) is 7.11 Å². The topological polar surface area (TPSA) is 67.8 Å². The maximum atomic E-state index is 13.3. The number of methoxy groups -OCH3 is 1. The summed E-state index contributed by atoms with van der Waals surface area (Å²) >= 11 is 3.32. The Balaban J connectivity index is 1.59. The zero-order valence-electron chi connectivity index (χ0n) is 18.3. The van der Waals surface area contributed by atoms with Crippen LogP contribution in [0.5, 0.6) is 0 Å². The summed E-state index contributed by atoms with van der Waals surface area (Å²) in [6.07, 6.45) is -10.7. The Labute approximate surface area is 204 Å². The molecule has 1 aromatic heterocycles. The Kier molecular flexibility index (Phi) is 6.64. The number of alkyl halides is 6. The summed E-state index contributed by atoms with van der Waals surface area (Å²) in [7, 11) is 1.59. The maximum absolute atomic E-state index is 13.3. The van der Waals surface area contributed by atoms with Crippen LogP contribution in [0.15, 0.2) is 28.9 Å². The van der Waals surface area contributed by atoms with Gasteiger partial charge in [0, 0.05) is 26.4 Å². The van der Waals surface area contributed by atoms with Crippen LogP contribution in [0.2, 0.25) is 0 Å². The third kappa shape index (κ3) is 5.17. The van der Waals surface area contributed by atoms with Crippen molar-refractivity contribution < 1.29 is 40.6 Å². The quantitative estimate of drug-likeness (QED) is 0.462. The van der Waals surface area contributed by atoms with Crippen molar-refractivity contribution in [3.05, 3.63) is 51.3 Å². The van der Waals surface area contributed by atoms with Crippen LogP contribution >= 0.6 is 15.9 Å². The van der Waals surface area contributed by atoms with Gasteiger partial charge in [0.2, 0.25) is 5.95 Å². The number of carbonyl (C=O) groups is 1. The number of aromatic nitrogens is 2. The maximum Gasteiger partial charge on any atom is 0.416 e. The summed E-state index contributed by atoms with van der Waals surface area (Å²) in [4.78, 5) is 24.3. The van der Waals surface area contributed by atoms with Crippen LogP contribution in [0.25, 0.3) is 0 Å². The van der Waals surface area contributed by atoms with Crippen molar-refractivity contribution in [1.29, 1.82) is 0 Å². The highest BCUT2D eigenvalue weighted by Gasteiger charge is 2.43. The van der Waals surface area contributed by atoms with E-state index in [4.69, 9.17) is 9.47 Å². The smallest absolute Gasteiger partial charge is 0.416 e. The van der Waals surface area contributed by atoms with Crippen LogP contribution in [-0.4, -0.2) is 53.3 Å². The molecule has 0 saturated carbocycles. The predicted molar refractivity (Wildman–Crippen MR) is 113 cm³/mol. The minimum Gasteiger partial charge on any atom is -0.439 e. The van der Waals surface area contributed by atoms with Gasteiger partial charge in [-0.15, -0.1) is 0 Å². The van der Waals surface area contributed by atoms with Gasteiger partial charge in [0.25, 0.3) is 0 Å². The molecule has 2 aliphatic heterocycles. The first-order valence-corrected chi connectivity index (χ1v) is 11.1. The number of cyclic esters (lactones) is 1. The number of ether oxygens (including phenoxy) is 2. The van der Waals surface area contributed by atoms with Gasteiger partial charge >= 0.3 is 18.4 Å². The van der Waals surface area contributed by atoms with Crippen LogP contribution in [0.3, 0.4) is 0 Å². The third-order valence-corrected chi connectivity index (χ3v) is 6.58. The third-order valence-electron chi connectivity index (χ3n) is 5.92. The fourth-order valence-corrected chi connectivity index (χ4v) is 4.19. The summed E-state index contributed by atoms with van der Waals surface area (Å²) in [6, 6.07) is 0.301. The SMILES string of the molecule is COC1CN(c2ncc(Br)c(CN3C(=O)O[C@H](c4cc(C(F)(F)F)cc(C(F)(F)F)c4)[C@@H]3C)n2)C1. The van der Waals surface area contributed by atoms with Gasteiger partial charge in [-0.1, -0.05) is 0 Å². The van der Waals surface area contributed by atoms with E-state index < -0.39 is 47.3 Å². The molecule has 4 rings (SSSR count). The molecular weight excluding hydrogens is 550 g/mol. The molecule has 35 heavy (non-hydrogen) atoms. The lowest BCUT2D eigenvalue weighted by molar-refractivity contribution is -0.143. The molecule has 7 nitrogen and oxygen atoms in total. The number of nitrogens with zero attached hydrogens (tertiary/aromatic N) is 4. The summed E-state index contributed by atoms with van der Waals surface area (Å²) in [6.45, 7) is 2.55. The van der Waals surface area contributed by atoms with Gasteiger partial charge in [-0.2, -0.15) is 26.3 Å². The number of benzene rings is 1. The molecule has 2 aromatic rings. The average molecular weight is 569 g/mol. The first-order valence-electron chi connectivity index (χ1n) is 10.3. The Hall–Kier alpha value is -2.61. The Morgan fingerprint density at radius 2 is 1.71 bits per heavy atom. The van der Waals surface area contributed by atoms with Crippen molar-refractivity contribution in [2.75, 3.05) is 25.1 Å². The molecule has 2 atom stereocenters. The molecule has 0 bridgehead atoms. The number of hydrogen-bond acceptors (Lipinski definition) is 6. The summed E-state index contributed by atoms with van der Waals surface area (Å²) in [5, 5.41) is 0.